The molecule has 1 aromatic heterocycles. The third kappa shape index (κ3) is 4.38. The average Bonchev–Trinajstić information content (AvgIpc) is 3.53. The number of oxazole rings is 1. The zero-order valence-corrected chi connectivity index (χ0v) is 18.9. The molecule has 0 radical (unpaired) electrons. The summed E-state index contributed by atoms with van der Waals surface area (Å²) in [6.07, 6.45) is 2.16. The van der Waals surface area contributed by atoms with Crippen molar-refractivity contribution in [1.82, 2.24) is 4.98 Å². The van der Waals surface area contributed by atoms with Gasteiger partial charge in [0.25, 0.3) is 0 Å². The number of fused-ring (bicyclic) bond motifs is 1. The monoisotopic (exact) mass is 489 g/mol. The van der Waals surface area contributed by atoms with Crippen molar-refractivity contribution in [1.29, 1.82) is 0 Å². The van der Waals surface area contributed by atoms with Gasteiger partial charge in [0.05, 0.1) is 7.11 Å². The molecule has 2 N–H and O–H groups in total. The third-order valence-electron chi connectivity index (χ3n) is 5.15. The second-order valence-corrected chi connectivity index (χ2v) is 8.42. The third-order valence-corrected chi connectivity index (χ3v) is 5.67. The highest BCUT2D eigenvalue weighted by atomic mass is 79.9. The van der Waals surface area contributed by atoms with Crippen LogP contribution in [-0.4, -0.2) is 18.1 Å². The Balaban J connectivity index is 1.36. The van der Waals surface area contributed by atoms with E-state index in [2.05, 4.69) is 31.5 Å². The topological polar surface area (TPSA) is 76.4 Å². The predicted octanol–water partition coefficient (Wildman–Crippen LogP) is 7.05. The van der Waals surface area contributed by atoms with Gasteiger partial charge in [0.2, 0.25) is 5.89 Å². The Morgan fingerprint density at radius 2 is 1.78 bits per heavy atom. The summed E-state index contributed by atoms with van der Waals surface area (Å²) in [7, 11) is 1.70. The summed E-state index contributed by atoms with van der Waals surface area (Å²) >= 11 is 3.38. The molecule has 0 spiro atoms. The van der Waals surface area contributed by atoms with Crippen LogP contribution in [0.4, 0.5) is 16.2 Å². The van der Waals surface area contributed by atoms with Crippen molar-refractivity contribution < 1.29 is 13.9 Å². The van der Waals surface area contributed by atoms with Crippen LogP contribution >= 0.6 is 15.9 Å². The van der Waals surface area contributed by atoms with Gasteiger partial charge in [-0.1, -0.05) is 22.0 Å². The summed E-state index contributed by atoms with van der Waals surface area (Å²) in [5, 5.41) is 5.65. The number of anilines is 2. The number of hydrogen-bond acceptors (Lipinski definition) is 4. The minimum absolute atomic E-state index is 0.327. The summed E-state index contributed by atoms with van der Waals surface area (Å²) in [5.41, 5.74) is 5.90. The van der Waals surface area contributed by atoms with Crippen LogP contribution in [0.5, 0.6) is 0 Å². The van der Waals surface area contributed by atoms with Crippen molar-refractivity contribution in [2.45, 2.75) is 12.8 Å². The first kappa shape index (κ1) is 20.3. The van der Waals surface area contributed by atoms with Crippen molar-refractivity contribution in [3.05, 3.63) is 82.3 Å². The Bertz CT molecular complexity index is 1340. The van der Waals surface area contributed by atoms with Gasteiger partial charge in [-0.3, -0.25) is 0 Å². The average molecular weight is 490 g/mol. The highest BCUT2D eigenvalue weighted by Gasteiger charge is 2.21. The number of halogens is 1. The molecule has 5 rings (SSSR count). The molecule has 1 saturated carbocycles. The molecule has 32 heavy (non-hydrogen) atoms. The number of amides is 2. The molecule has 1 heterocycles. The lowest BCUT2D eigenvalue weighted by Crippen LogP contribution is -2.19. The summed E-state index contributed by atoms with van der Waals surface area (Å²) in [6.45, 7) is 0. The van der Waals surface area contributed by atoms with Gasteiger partial charge < -0.3 is 19.8 Å². The molecule has 0 bridgehead atoms. The Hall–Kier alpha value is -3.58. The maximum absolute atomic E-state index is 12.4. The largest absolute Gasteiger partial charge is 0.496 e. The van der Waals surface area contributed by atoms with Gasteiger partial charge in [-0.25, -0.2) is 9.78 Å². The molecule has 0 unspecified atom stereocenters. The minimum atomic E-state index is -0.327. The van der Waals surface area contributed by atoms with Crippen LogP contribution in [0.2, 0.25) is 0 Å². The summed E-state index contributed by atoms with van der Waals surface area (Å²) in [5.74, 6) is 1.42. The SMILES string of the molecule is COC(=C1CC1)c1ccc2nc(-c3cccc(NC(=O)Nc4ccc(Br)cc4)c3)oc2c1. The summed E-state index contributed by atoms with van der Waals surface area (Å²) < 4.78 is 12.6. The number of methoxy groups -OCH3 is 1. The molecule has 1 aliphatic rings. The van der Waals surface area contributed by atoms with Gasteiger partial charge in [0.15, 0.2) is 5.58 Å². The first-order chi connectivity index (χ1) is 15.6. The molecule has 4 aromatic rings. The van der Waals surface area contributed by atoms with Crippen LogP contribution in [0.3, 0.4) is 0 Å². The Labute approximate surface area is 193 Å². The number of benzene rings is 3. The lowest BCUT2D eigenvalue weighted by Gasteiger charge is -2.08. The van der Waals surface area contributed by atoms with Gasteiger partial charge >= 0.3 is 6.03 Å². The number of nitrogens with zero attached hydrogens (tertiary/aromatic N) is 1. The van der Waals surface area contributed by atoms with Gasteiger partial charge in [0, 0.05) is 27.0 Å². The van der Waals surface area contributed by atoms with E-state index in [0.29, 0.717) is 22.8 Å². The number of urea groups is 1. The number of carbonyl (C=O) groups excluding carboxylic acids is 1. The van der Waals surface area contributed by atoms with Crippen LogP contribution in [0, 0.1) is 0 Å². The molecule has 6 nitrogen and oxygen atoms in total. The summed E-state index contributed by atoms with van der Waals surface area (Å²) in [6, 6.07) is 20.4. The Kier molecular flexibility index (Phi) is 5.41. The maximum atomic E-state index is 12.4. The molecule has 1 fully saturated rings. The van der Waals surface area contributed by atoms with E-state index in [9.17, 15) is 4.79 Å². The van der Waals surface area contributed by atoms with E-state index in [1.54, 1.807) is 7.11 Å². The van der Waals surface area contributed by atoms with E-state index in [4.69, 9.17) is 9.15 Å². The number of ether oxygens (including phenoxy) is 1. The van der Waals surface area contributed by atoms with Crippen molar-refractivity contribution >= 4 is 50.2 Å². The predicted molar refractivity (Wildman–Crippen MR) is 129 cm³/mol. The minimum Gasteiger partial charge on any atom is -0.496 e. The Morgan fingerprint density at radius 3 is 2.53 bits per heavy atom. The van der Waals surface area contributed by atoms with Crippen LogP contribution in [0.25, 0.3) is 28.3 Å². The van der Waals surface area contributed by atoms with Gasteiger partial charge in [0.1, 0.15) is 11.3 Å². The molecule has 160 valence electrons. The smallest absolute Gasteiger partial charge is 0.323 e. The van der Waals surface area contributed by atoms with Crippen LogP contribution < -0.4 is 10.6 Å². The Morgan fingerprint density at radius 1 is 1.00 bits per heavy atom. The zero-order chi connectivity index (χ0) is 22.1. The lowest BCUT2D eigenvalue weighted by atomic mass is 10.1. The first-order valence-electron chi connectivity index (χ1n) is 10.2. The standard InChI is InChI=1S/C25H20BrN3O3/c1-31-23(15-5-6-15)16-7-12-21-22(14-16)32-24(29-21)17-3-2-4-20(13-17)28-25(30)27-19-10-8-18(26)9-11-19/h2-4,7-14H,5-6H2,1H3,(H2,27,28,30). The van der Waals surface area contributed by atoms with Crippen LogP contribution in [0.15, 0.2) is 81.2 Å². The van der Waals surface area contributed by atoms with E-state index in [0.717, 1.165) is 39.7 Å². The zero-order valence-electron chi connectivity index (χ0n) is 17.3. The molecular formula is C25H20BrN3O3. The maximum Gasteiger partial charge on any atom is 0.323 e. The normalized spacial score (nSPS) is 12.5. The molecule has 7 heteroatoms. The first-order valence-corrected chi connectivity index (χ1v) is 11.0. The highest BCUT2D eigenvalue weighted by molar-refractivity contribution is 9.10. The van der Waals surface area contributed by atoms with Crippen LogP contribution in [-0.2, 0) is 4.74 Å². The van der Waals surface area contributed by atoms with Crippen molar-refractivity contribution in [3.8, 4) is 11.5 Å². The van der Waals surface area contributed by atoms with E-state index in [-0.39, 0.29) is 6.03 Å². The van der Waals surface area contributed by atoms with Gasteiger partial charge in [-0.15, -0.1) is 0 Å². The lowest BCUT2D eigenvalue weighted by molar-refractivity contribution is 0.262. The van der Waals surface area contributed by atoms with Crippen molar-refractivity contribution in [3.63, 3.8) is 0 Å². The second-order valence-electron chi connectivity index (χ2n) is 7.51. The number of aromatic nitrogens is 1. The van der Waals surface area contributed by atoms with Crippen molar-refractivity contribution in [2.24, 2.45) is 0 Å². The fourth-order valence-electron chi connectivity index (χ4n) is 3.50. The molecule has 2 amide bonds. The molecular weight excluding hydrogens is 470 g/mol. The fraction of sp³-hybridized carbons (Fsp3) is 0.120. The van der Waals surface area contributed by atoms with Gasteiger partial charge in [-0.05, 0) is 79.1 Å². The molecule has 0 atom stereocenters. The number of allylic oxidation sites excluding steroid dienone is 1. The van der Waals surface area contributed by atoms with E-state index >= 15 is 0 Å². The number of hydrogen-bond donors (Lipinski definition) is 2. The molecule has 0 saturated heterocycles. The van der Waals surface area contributed by atoms with E-state index < -0.39 is 0 Å². The van der Waals surface area contributed by atoms with E-state index in [1.165, 1.54) is 5.57 Å². The quantitative estimate of drug-likeness (QED) is 0.294. The van der Waals surface area contributed by atoms with Gasteiger partial charge in [-0.2, -0.15) is 0 Å². The number of carbonyl (C=O) groups is 1. The fourth-order valence-corrected chi connectivity index (χ4v) is 3.77. The molecule has 1 aliphatic carbocycles. The second kappa shape index (κ2) is 8.51. The summed E-state index contributed by atoms with van der Waals surface area (Å²) in [4.78, 5) is 17.0. The highest BCUT2D eigenvalue weighted by Crippen LogP contribution is 2.37. The number of nitrogens with one attached hydrogen (secondary N) is 2. The molecule has 3 aromatic carbocycles. The number of rotatable bonds is 5. The van der Waals surface area contributed by atoms with Crippen LogP contribution in [0.1, 0.15) is 18.4 Å². The molecule has 0 aliphatic heterocycles. The van der Waals surface area contributed by atoms with E-state index in [1.807, 2.05) is 66.7 Å². The van der Waals surface area contributed by atoms with Crippen molar-refractivity contribution in [2.75, 3.05) is 17.7 Å².